The minimum atomic E-state index is -0.777. The van der Waals surface area contributed by atoms with Crippen LogP contribution in [0, 0.1) is 11.8 Å². The second-order valence-corrected chi connectivity index (χ2v) is 18.5. The monoisotopic (exact) mass is 890 g/mol. The van der Waals surface area contributed by atoms with Crippen LogP contribution in [0.25, 0.3) is 6.08 Å². The summed E-state index contributed by atoms with van der Waals surface area (Å²) in [5, 5.41) is 14.7. The number of rotatable bonds is 17. The number of amides is 5. The number of nitrogens with one attached hydrogen (secondary N) is 2. The second-order valence-electron chi connectivity index (χ2n) is 17.2. The summed E-state index contributed by atoms with van der Waals surface area (Å²) in [6.45, 7) is 8.25. The van der Waals surface area contributed by atoms with E-state index in [9.17, 15) is 33.9 Å². The third kappa shape index (κ3) is 11.4. The Morgan fingerprint density at radius 2 is 1.69 bits per heavy atom. The van der Waals surface area contributed by atoms with Crippen molar-refractivity contribution in [1.82, 2.24) is 25.0 Å². The highest BCUT2D eigenvalue weighted by Crippen LogP contribution is 2.33. The number of benzene rings is 2. The van der Waals surface area contributed by atoms with Crippen LogP contribution in [0.4, 0.5) is 11.4 Å². The normalized spacial score (nSPS) is 19.8. The average molecular weight is 891 g/mol. The Bertz CT molecular complexity index is 2320. The first-order valence-electron chi connectivity index (χ1n) is 22.4. The van der Waals surface area contributed by atoms with Gasteiger partial charge < -0.3 is 26.4 Å². The quantitative estimate of drug-likeness (QED) is 0.0942. The number of carboxylic acid groups (broad SMARTS) is 1. The molecule has 0 spiro atoms. The molecule has 0 radical (unpaired) electrons. The number of anilines is 1. The van der Waals surface area contributed by atoms with Gasteiger partial charge in [0.05, 0.1) is 28.7 Å². The molecule has 1 saturated heterocycles. The number of nitrogens with zero attached hydrogens (tertiary/aromatic N) is 5. The standard InChI is InChI=1S/C48H58N8O7S/c1-3-17-55(18-4-2)46(60)36-21-34-13-14-35(23-40(34)53-42(49)24-36)45(59)52-38-22-37-29-54(19-15-39(37)51-26-38)27-30-5-9-32(10-6-30)44(58)50-16-20-64-41-25-43(57)56(47(41)61)28-31-7-11-33(12-8-31)48(62)63/h5-6,9-10,13-14,21-23,26,31,33,41H,3-4,7-8,11-12,15-20,24-25,27-29H2,1-2H3,(H2,49,53)(H,50,58)(H,52,59)(H,62,63). The van der Waals surface area contributed by atoms with E-state index in [2.05, 4.69) is 25.5 Å². The van der Waals surface area contributed by atoms with E-state index in [1.807, 2.05) is 43.0 Å². The van der Waals surface area contributed by atoms with E-state index < -0.39 is 11.2 Å². The SMILES string of the molecule is CCCN(CCC)C(=O)C1=Cc2ccc(C(=O)Nc3cnc4c(c3)CN(Cc3ccc(C(=O)NCCSC5CC(=O)N(CC6CCC(C(=O)O)CC6)C5=O)cc3)CC4)cc2N=C(N)C1. The summed E-state index contributed by atoms with van der Waals surface area (Å²) in [4.78, 5) is 91.5. The molecule has 16 heteroatoms. The molecule has 1 atom stereocenters. The fourth-order valence-electron chi connectivity index (χ4n) is 8.93. The number of pyridine rings is 1. The van der Waals surface area contributed by atoms with Gasteiger partial charge in [-0.2, -0.15) is 0 Å². The van der Waals surface area contributed by atoms with E-state index in [0.29, 0.717) is 105 Å². The molecule has 4 aliphatic rings. The maximum Gasteiger partial charge on any atom is 0.306 e. The summed E-state index contributed by atoms with van der Waals surface area (Å²) in [6.07, 6.45) is 8.91. The van der Waals surface area contributed by atoms with Crippen LogP contribution in [-0.4, -0.2) is 110 Å². The number of amidine groups is 1. The van der Waals surface area contributed by atoms with Crippen molar-refractivity contribution in [1.29, 1.82) is 0 Å². The number of likely N-dealkylation sites (tertiary alicyclic amines) is 1. The third-order valence-corrected chi connectivity index (χ3v) is 13.6. The molecule has 3 aromatic rings. The summed E-state index contributed by atoms with van der Waals surface area (Å²) >= 11 is 1.38. The van der Waals surface area contributed by atoms with Crippen molar-refractivity contribution in [2.75, 3.05) is 43.8 Å². The Morgan fingerprint density at radius 3 is 2.41 bits per heavy atom. The van der Waals surface area contributed by atoms with Crippen molar-refractivity contribution in [3.05, 3.63) is 93.8 Å². The molecule has 1 aromatic heterocycles. The fraction of sp³-hybridized carbons (Fsp3) is 0.458. The minimum Gasteiger partial charge on any atom is -0.481 e. The van der Waals surface area contributed by atoms with E-state index in [4.69, 9.17) is 5.73 Å². The molecule has 1 saturated carbocycles. The topological polar surface area (TPSA) is 208 Å². The molecular formula is C48H58N8O7S. The highest BCUT2D eigenvalue weighted by Gasteiger charge is 2.40. The van der Waals surface area contributed by atoms with Crippen molar-refractivity contribution in [3.63, 3.8) is 0 Å². The van der Waals surface area contributed by atoms with Gasteiger partial charge in [0.25, 0.3) is 11.8 Å². The predicted octanol–water partition coefficient (Wildman–Crippen LogP) is 5.80. The number of imide groups is 1. The first-order chi connectivity index (χ1) is 30.9. The second kappa shape index (κ2) is 21.2. The van der Waals surface area contributed by atoms with Gasteiger partial charge in [-0.3, -0.25) is 43.6 Å². The van der Waals surface area contributed by atoms with Crippen LogP contribution in [0.2, 0.25) is 0 Å². The number of hydrogen-bond donors (Lipinski definition) is 4. The molecule has 2 aromatic carbocycles. The van der Waals surface area contributed by atoms with Gasteiger partial charge >= 0.3 is 5.97 Å². The summed E-state index contributed by atoms with van der Waals surface area (Å²) in [6, 6.07) is 14.7. The molecule has 1 aliphatic carbocycles. The lowest BCUT2D eigenvalue weighted by molar-refractivity contribution is -0.144. The van der Waals surface area contributed by atoms with Crippen LogP contribution >= 0.6 is 11.8 Å². The summed E-state index contributed by atoms with van der Waals surface area (Å²) in [5.74, 6) is -1.12. The number of aliphatic imine (C=N–C) groups is 1. The molecule has 338 valence electrons. The van der Waals surface area contributed by atoms with Crippen LogP contribution in [0.1, 0.15) is 108 Å². The van der Waals surface area contributed by atoms with Gasteiger partial charge in [0.15, 0.2) is 0 Å². The van der Waals surface area contributed by atoms with Crippen LogP contribution in [0.3, 0.4) is 0 Å². The Labute approximate surface area is 378 Å². The van der Waals surface area contributed by atoms with E-state index in [1.54, 1.807) is 36.5 Å². The van der Waals surface area contributed by atoms with Crippen molar-refractivity contribution in [3.8, 4) is 0 Å². The van der Waals surface area contributed by atoms with E-state index in [1.165, 1.54) is 16.7 Å². The molecule has 3 aliphatic heterocycles. The minimum absolute atomic E-state index is 0.0436. The van der Waals surface area contributed by atoms with Gasteiger partial charge in [0.2, 0.25) is 17.7 Å². The Hall–Kier alpha value is -5.87. The van der Waals surface area contributed by atoms with Gasteiger partial charge in [0, 0.05) is 98.8 Å². The first-order valence-corrected chi connectivity index (χ1v) is 23.5. The molecular weight excluding hydrogens is 833 g/mol. The number of carbonyl (C=O) groups excluding carboxylic acids is 5. The van der Waals surface area contributed by atoms with Gasteiger partial charge in [-0.25, -0.2) is 4.99 Å². The summed E-state index contributed by atoms with van der Waals surface area (Å²) in [5.41, 5.74) is 12.7. The zero-order valence-corrected chi connectivity index (χ0v) is 37.5. The lowest BCUT2D eigenvalue weighted by atomic mass is 9.82. The van der Waals surface area contributed by atoms with Gasteiger partial charge in [-0.1, -0.05) is 32.0 Å². The highest BCUT2D eigenvalue weighted by molar-refractivity contribution is 8.00. The number of fused-ring (bicyclic) bond motifs is 2. The van der Waals surface area contributed by atoms with Crippen LogP contribution < -0.4 is 16.4 Å². The number of nitrogens with two attached hydrogens (primary N) is 1. The summed E-state index contributed by atoms with van der Waals surface area (Å²) in [7, 11) is 0. The maximum atomic E-state index is 13.5. The maximum absolute atomic E-state index is 13.5. The zero-order chi connectivity index (χ0) is 45.3. The van der Waals surface area contributed by atoms with Crippen LogP contribution in [0.15, 0.2) is 65.3 Å². The molecule has 2 fully saturated rings. The Morgan fingerprint density at radius 1 is 0.953 bits per heavy atom. The average Bonchev–Trinajstić information content (AvgIpc) is 3.43. The van der Waals surface area contributed by atoms with Crippen molar-refractivity contribution >= 4 is 70.6 Å². The van der Waals surface area contributed by atoms with Crippen LogP contribution in [-0.2, 0) is 38.7 Å². The number of carboxylic acids is 1. The van der Waals surface area contributed by atoms with Crippen molar-refractivity contribution in [2.24, 2.45) is 22.6 Å². The van der Waals surface area contributed by atoms with Gasteiger partial charge in [-0.05, 0) is 92.0 Å². The van der Waals surface area contributed by atoms with Crippen LogP contribution in [0.5, 0.6) is 0 Å². The lowest BCUT2D eigenvalue weighted by Crippen LogP contribution is -2.37. The molecule has 0 bridgehead atoms. The first kappa shape index (κ1) is 46.1. The fourth-order valence-corrected chi connectivity index (χ4v) is 9.97. The molecule has 64 heavy (non-hydrogen) atoms. The third-order valence-electron chi connectivity index (χ3n) is 12.4. The number of aliphatic carboxylic acids is 1. The number of hydrogen-bond acceptors (Lipinski definition) is 11. The van der Waals surface area contributed by atoms with Gasteiger partial charge in [0.1, 0.15) is 5.84 Å². The number of thioether (sulfide) groups is 1. The predicted molar refractivity (Wildman–Crippen MR) is 247 cm³/mol. The molecule has 5 amide bonds. The Kier molecular flexibility index (Phi) is 15.3. The smallest absolute Gasteiger partial charge is 0.306 e. The Balaban J connectivity index is 0.867. The molecule has 5 N–H and O–H groups in total. The molecule has 1 unspecified atom stereocenters. The van der Waals surface area contributed by atoms with E-state index >= 15 is 0 Å². The molecule has 7 rings (SSSR count). The van der Waals surface area contributed by atoms with E-state index in [-0.39, 0.29) is 54.2 Å². The molecule has 15 nitrogen and oxygen atoms in total. The van der Waals surface area contributed by atoms with Crippen molar-refractivity contribution < 1.29 is 33.9 Å². The number of carbonyl (C=O) groups is 6. The highest BCUT2D eigenvalue weighted by atomic mass is 32.2. The largest absolute Gasteiger partial charge is 0.481 e. The zero-order valence-electron chi connectivity index (χ0n) is 36.6. The van der Waals surface area contributed by atoms with Crippen molar-refractivity contribution in [2.45, 2.75) is 90.0 Å². The number of aromatic nitrogens is 1. The van der Waals surface area contributed by atoms with E-state index in [0.717, 1.165) is 48.2 Å². The van der Waals surface area contributed by atoms with Gasteiger partial charge in [-0.15, -0.1) is 11.8 Å². The summed E-state index contributed by atoms with van der Waals surface area (Å²) < 4.78 is 0. The lowest BCUT2D eigenvalue weighted by Gasteiger charge is -2.28. The molecule has 4 heterocycles.